The summed E-state index contributed by atoms with van der Waals surface area (Å²) in [6.45, 7) is 15.9. The summed E-state index contributed by atoms with van der Waals surface area (Å²) in [4.78, 5) is 0. The molecule has 0 unspecified atom stereocenters. The SMILES string of the molecule is CC(C)(C)[NH-].CC(C)(C)[NH-].C[Si](C)C1c2ccccc2-c2ccccc21.[CH3-].[CH3-].[Ti+4]. The van der Waals surface area contributed by atoms with E-state index < -0.39 is 0 Å². The molecule has 0 saturated carbocycles. The second-order valence-corrected chi connectivity index (χ2v) is 11.9. The Morgan fingerprint density at radius 3 is 1.14 bits per heavy atom. The molecule has 0 bridgehead atoms. The van der Waals surface area contributed by atoms with Crippen molar-refractivity contribution in [3.8, 4) is 11.1 Å². The minimum atomic E-state index is -0.336. The molecule has 1 radical (unpaired) electrons. The average Bonchev–Trinajstić information content (AvgIpc) is 2.78. The third kappa shape index (κ3) is 12.6. The van der Waals surface area contributed by atoms with Crippen molar-refractivity contribution < 1.29 is 21.7 Å². The molecule has 0 saturated heterocycles. The molecule has 1 aliphatic carbocycles. The van der Waals surface area contributed by atoms with Crippen LogP contribution in [0.2, 0.25) is 13.1 Å². The van der Waals surface area contributed by atoms with Crippen molar-refractivity contribution in [1.82, 2.24) is 0 Å². The van der Waals surface area contributed by atoms with E-state index in [2.05, 4.69) is 61.6 Å². The molecule has 2 N–H and O–H groups in total. The zero-order chi connectivity index (χ0) is 20.1. The standard InChI is InChI=1S/C15H15Si.2C4H10N.2CH3.Ti/c1-16(2)15-13-9-5-3-7-11(13)12-8-4-6-10-14(12)15;2*1-4(2,3)5;;;/h3-10,15H,1-2H3;2*5H,1-3H3;2*1H3;/q;4*-1;+4. The summed E-state index contributed by atoms with van der Waals surface area (Å²) in [6.07, 6.45) is 0. The smallest absolute Gasteiger partial charge is 0.673 e. The molecular weight excluding hydrogens is 404 g/mol. The fourth-order valence-corrected chi connectivity index (χ4v) is 4.53. The van der Waals surface area contributed by atoms with E-state index in [1.54, 1.807) is 11.1 Å². The molecule has 0 aliphatic heterocycles. The van der Waals surface area contributed by atoms with Gasteiger partial charge in [-0.3, -0.25) is 0 Å². The third-order valence-corrected chi connectivity index (χ3v) is 5.19. The van der Waals surface area contributed by atoms with Crippen LogP contribution in [0.15, 0.2) is 48.5 Å². The van der Waals surface area contributed by atoms with E-state index in [9.17, 15) is 0 Å². The Bertz CT molecular complexity index is 631. The van der Waals surface area contributed by atoms with Crippen molar-refractivity contribution in [2.24, 2.45) is 0 Å². The van der Waals surface area contributed by atoms with Crippen LogP contribution in [0.5, 0.6) is 0 Å². The van der Waals surface area contributed by atoms with Crippen LogP contribution in [0.25, 0.3) is 22.6 Å². The average molecular weight is 446 g/mol. The summed E-state index contributed by atoms with van der Waals surface area (Å²) in [6, 6.07) is 17.8. The summed E-state index contributed by atoms with van der Waals surface area (Å²) in [5.41, 5.74) is 20.0. The fraction of sp³-hybridized carbons (Fsp3) is 0.440. The molecule has 0 amide bonds. The molecular formula is C25H41N2SiTi. The third-order valence-electron chi connectivity index (χ3n) is 3.41. The summed E-state index contributed by atoms with van der Waals surface area (Å²) in [5, 5.41) is 0. The monoisotopic (exact) mass is 445 g/mol. The molecule has 0 fully saturated rings. The summed E-state index contributed by atoms with van der Waals surface area (Å²) >= 11 is 0. The van der Waals surface area contributed by atoms with Crippen LogP contribution in [0.1, 0.15) is 58.2 Å². The maximum absolute atomic E-state index is 6.94. The quantitative estimate of drug-likeness (QED) is 0.311. The van der Waals surface area contributed by atoms with Crippen molar-refractivity contribution >= 4 is 8.80 Å². The first-order valence-corrected chi connectivity index (χ1v) is 11.8. The van der Waals surface area contributed by atoms with Gasteiger partial charge in [0.1, 0.15) is 0 Å². The van der Waals surface area contributed by atoms with Crippen molar-refractivity contribution in [3.63, 3.8) is 0 Å². The van der Waals surface area contributed by atoms with E-state index in [1.807, 2.05) is 41.5 Å². The Labute approximate surface area is 198 Å². The summed E-state index contributed by atoms with van der Waals surface area (Å²) < 4.78 is 0. The number of hydrogen-bond donors (Lipinski definition) is 0. The Kier molecular flexibility index (Phi) is 15.4. The molecule has 0 heterocycles. The van der Waals surface area contributed by atoms with Gasteiger partial charge in [-0.15, -0.1) is 11.1 Å². The van der Waals surface area contributed by atoms with Crippen molar-refractivity contribution in [2.75, 3.05) is 0 Å². The topological polar surface area (TPSA) is 47.6 Å². The van der Waals surface area contributed by atoms with E-state index in [4.69, 9.17) is 11.5 Å². The Morgan fingerprint density at radius 2 is 0.897 bits per heavy atom. The van der Waals surface area contributed by atoms with Gasteiger partial charge in [0.05, 0.1) is 8.80 Å². The van der Waals surface area contributed by atoms with Gasteiger partial charge in [0.2, 0.25) is 0 Å². The van der Waals surface area contributed by atoms with Gasteiger partial charge in [0, 0.05) is 5.54 Å². The summed E-state index contributed by atoms with van der Waals surface area (Å²) in [7, 11) is -0.336. The van der Waals surface area contributed by atoms with Crippen LogP contribution < -0.4 is 0 Å². The minimum absolute atomic E-state index is 0. The first kappa shape index (κ1) is 32.9. The van der Waals surface area contributed by atoms with Gasteiger partial charge in [-0.1, -0.05) is 103 Å². The van der Waals surface area contributed by atoms with E-state index in [1.165, 1.54) is 11.1 Å². The van der Waals surface area contributed by atoms with Gasteiger partial charge in [0.15, 0.2) is 0 Å². The first-order chi connectivity index (χ1) is 11.8. The number of nitrogens with one attached hydrogen (secondary N) is 2. The van der Waals surface area contributed by atoms with Gasteiger partial charge in [0.25, 0.3) is 0 Å². The van der Waals surface area contributed by atoms with E-state index in [-0.39, 0.29) is 56.4 Å². The molecule has 0 atom stereocenters. The normalized spacial score (nSPS) is 11.8. The van der Waals surface area contributed by atoms with Crippen LogP contribution >= 0.6 is 0 Å². The van der Waals surface area contributed by atoms with E-state index >= 15 is 0 Å². The van der Waals surface area contributed by atoms with Crippen molar-refractivity contribution in [3.05, 3.63) is 86.0 Å². The predicted molar refractivity (Wildman–Crippen MR) is 132 cm³/mol. The fourth-order valence-electron chi connectivity index (χ4n) is 2.78. The molecule has 3 rings (SSSR count). The second-order valence-electron chi connectivity index (χ2n) is 9.18. The molecule has 1 aliphatic rings. The molecule has 2 nitrogen and oxygen atoms in total. The molecule has 159 valence electrons. The van der Waals surface area contributed by atoms with Crippen molar-refractivity contribution in [1.29, 1.82) is 0 Å². The minimum Gasteiger partial charge on any atom is -0.673 e. The van der Waals surface area contributed by atoms with Gasteiger partial charge in [-0.2, -0.15) is 0 Å². The van der Waals surface area contributed by atoms with E-state index in [0.29, 0.717) is 5.54 Å². The number of rotatable bonds is 1. The van der Waals surface area contributed by atoms with Crippen LogP contribution in [-0.4, -0.2) is 19.9 Å². The van der Waals surface area contributed by atoms with Crippen LogP contribution in [-0.2, 0) is 21.7 Å². The van der Waals surface area contributed by atoms with Crippen LogP contribution in [0.3, 0.4) is 0 Å². The Balaban J connectivity index is -0.000000447. The largest absolute Gasteiger partial charge is 4.00 e. The number of fused-ring (bicyclic) bond motifs is 3. The zero-order valence-corrected chi connectivity index (χ0v) is 22.8. The molecule has 29 heavy (non-hydrogen) atoms. The van der Waals surface area contributed by atoms with Gasteiger partial charge in [-0.05, 0) is 22.3 Å². The number of hydrogen-bond acceptors (Lipinski definition) is 0. The van der Waals surface area contributed by atoms with Crippen LogP contribution in [0.4, 0.5) is 0 Å². The van der Waals surface area contributed by atoms with Crippen LogP contribution in [0, 0.1) is 14.9 Å². The second kappa shape index (κ2) is 13.6. The first-order valence-electron chi connectivity index (χ1n) is 9.27. The number of benzene rings is 2. The molecule has 2 aromatic rings. The Hall–Kier alpha value is -0.709. The molecule has 0 spiro atoms. The molecule has 4 heteroatoms. The maximum atomic E-state index is 6.94. The van der Waals surface area contributed by atoms with Crippen molar-refractivity contribution in [2.45, 2.75) is 71.3 Å². The molecule has 0 aromatic heterocycles. The van der Waals surface area contributed by atoms with Gasteiger partial charge < -0.3 is 26.3 Å². The van der Waals surface area contributed by atoms with Gasteiger partial charge in [-0.25, -0.2) is 0 Å². The van der Waals surface area contributed by atoms with Gasteiger partial charge >= 0.3 is 21.7 Å². The predicted octanol–water partition coefficient (Wildman–Crippen LogP) is 8.66. The zero-order valence-electron chi connectivity index (χ0n) is 20.2. The summed E-state index contributed by atoms with van der Waals surface area (Å²) in [5.74, 6) is 0. The maximum Gasteiger partial charge on any atom is 4.00 e. The Morgan fingerprint density at radius 1 is 0.655 bits per heavy atom. The molecule has 2 aromatic carbocycles. The van der Waals surface area contributed by atoms with E-state index in [0.717, 1.165) is 0 Å².